The lowest BCUT2D eigenvalue weighted by atomic mass is 10.1. The van der Waals surface area contributed by atoms with Crippen LogP contribution in [0.4, 0.5) is 11.6 Å². The van der Waals surface area contributed by atoms with Crippen molar-refractivity contribution in [3.8, 4) is 0 Å². The first-order valence-electron chi connectivity index (χ1n) is 12.7. The first-order chi connectivity index (χ1) is 17.1. The minimum atomic E-state index is 0.0580. The van der Waals surface area contributed by atoms with Crippen molar-refractivity contribution >= 4 is 11.6 Å². The highest BCUT2D eigenvalue weighted by molar-refractivity contribution is 5.59. The molecule has 7 nitrogen and oxygen atoms in total. The summed E-state index contributed by atoms with van der Waals surface area (Å²) in [6.07, 6.45) is 1.60. The van der Waals surface area contributed by atoms with E-state index >= 15 is 0 Å². The van der Waals surface area contributed by atoms with Crippen molar-refractivity contribution in [3.63, 3.8) is 0 Å². The van der Waals surface area contributed by atoms with Gasteiger partial charge >= 0.3 is 0 Å². The molecule has 0 aliphatic carbocycles. The third kappa shape index (κ3) is 5.32. The van der Waals surface area contributed by atoms with E-state index in [9.17, 15) is 4.79 Å². The molecule has 2 aliphatic rings. The zero-order valence-electron chi connectivity index (χ0n) is 20.8. The largest absolute Gasteiger partial charge is 0.379 e. The van der Waals surface area contributed by atoms with Crippen LogP contribution in [0.3, 0.4) is 0 Å². The Labute approximate surface area is 207 Å². The Morgan fingerprint density at radius 3 is 2.31 bits per heavy atom. The van der Waals surface area contributed by atoms with Crippen molar-refractivity contribution in [2.45, 2.75) is 33.4 Å². The molecular weight excluding hydrogens is 438 g/mol. The van der Waals surface area contributed by atoms with Crippen molar-refractivity contribution in [1.82, 2.24) is 19.4 Å². The molecule has 3 heterocycles. The lowest BCUT2D eigenvalue weighted by Gasteiger charge is -2.39. The quantitative estimate of drug-likeness (QED) is 0.524. The molecule has 2 aliphatic heterocycles. The number of aromatic nitrogens is 2. The molecule has 5 rings (SSSR count). The summed E-state index contributed by atoms with van der Waals surface area (Å²) in [6, 6.07) is 18.8. The summed E-state index contributed by atoms with van der Waals surface area (Å²) < 4.78 is 7.37. The van der Waals surface area contributed by atoms with E-state index in [0.29, 0.717) is 19.8 Å². The second-order valence-corrected chi connectivity index (χ2v) is 9.45. The van der Waals surface area contributed by atoms with Crippen LogP contribution in [0.25, 0.3) is 0 Å². The minimum absolute atomic E-state index is 0.0580. The number of ether oxygens (including phenoxy) is 1. The Balaban J connectivity index is 1.48. The first kappa shape index (κ1) is 23.7. The number of aryl methyl sites for hydroxylation is 2. The van der Waals surface area contributed by atoms with Gasteiger partial charge in [0.1, 0.15) is 0 Å². The van der Waals surface area contributed by atoms with Crippen LogP contribution < -0.4 is 10.5 Å². The number of fused-ring (bicyclic) bond motifs is 1. The minimum Gasteiger partial charge on any atom is -0.379 e. The lowest BCUT2D eigenvalue weighted by Crippen LogP contribution is -2.50. The van der Waals surface area contributed by atoms with E-state index in [-0.39, 0.29) is 5.56 Å². The summed E-state index contributed by atoms with van der Waals surface area (Å²) in [4.78, 5) is 25.8. The molecule has 1 saturated heterocycles. The zero-order valence-corrected chi connectivity index (χ0v) is 20.8. The monoisotopic (exact) mass is 473 g/mol. The molecule has 35 heavy (non-hydrogen) atoms. The molecule has 1 aromatic heterocycles. The maximum absolute atomic E-state index is 13.8. The number of benzene rings is 2. The van der Waals surface area contributed by atoms with Crippen LogP contribution in [0.2, 0.25) is 0 Å². The van der Waals surface area contributed by atoms with Crippen molar-refractivity contribution in [1.29, 1.82) is 0 Å². The second-order valence-electron chi connectivity index (χ2n) is 9.45. The van der Waals surface area contributed by atoms with Crippen LogP contribution >= 0.6 is 0 Å². The molecular formula is C28H35N5O2. The number of nitrogens with zero attached hydrogens (tertiary/aromatic N) is 5. The Morgan fingerprint density at radius 2 is 1.60 bits per heavy atom. The summed E-state index contributed by atoms with van der Waals surface area (Å²) in [5.74, 6) is 0.733. The number of hydrogen-bond acceptors (Lipinski definition) is 6. The van der Waals surface area contributed by atoms with Crippen molar-refractivity contribution < 1.29 is 4.74 Å². The summed E-state index contributed by atoms with van der Waals surface area (Å²) in [6.45, 7) is 10.8. The average Bonchev–Trinajstić information content (AvgIpc) is 2.91. The van der Waals surface area contributed by atoms with Gasteiger partial charge < -0.3 is 4.74 Å². The van der Waals surface area contributed by atoms with Gasteiger partial charge in [0.05, 0.1) is 32.2 Å². The van der Waals surface area contributed by atoms with Gasteiger partial charge in [-0.2, -0.15) is 0 Å². The molecule has 3 aromatic rings. The topological polar surface area (TPSA) is 53.8 Å². The molecule has 0 bridgehead atoms. The number of hydrogen-bond donors (Lipinski definition) is 0. The first-order valence-corrected chi connectivity index (χ1v) is 12.7. The Bertz CT molecular complexity index is 1190. The molecule has 0 unspecified atom stereocenters. The summed E-state index contributed by atoms with van der Waals surface area (Å²) >= 11 is 0. The van der Waals surface area contributed by atoms with Crippen LogP contribution in [0.15, 0.2) is 59.4 Å². The Morgan fingerprint density at radius 1 is 0.886 bits per heavy atom. The fourth-order valence-corrected chi connectivity index (χ4v) is 4.89. The third-order valence-electron chi connectivity index (χ3n) is 7.09. The van der Waals surface area contributed by atoms with Crippen molar-refractivity contribution in [3.05, 3.63) is 87.3 Å². The van der Waals surface area contributed by atoms with Gasteiger partial charge in [-0.3, -0.25) is 24.1 Å². The number of rotatable bonds is 7. The van der Waals surface area contributed by atoms with E-state index in [1.54, 1.807) is 0 Å². The zero-order chi connectivity index (χ0) is 24.2. The van der Waals surface area contributed by atoms with Gasteiger partial charge in [0.25, 0.3) is 5.56 Å². The molecule has 0 spiro atoms. The van der Waals surface area contributed by atoms with Crippen LogP contribution in [0.1, 0.15) is 29.3 Å². The fourth-order valence-electron chi connectivity index (χ4n) is 4.89. The van der Waals surface area contributed by atoms with Crippen molar-refractivity contribution in [2.75, 3.05) is 51.0 Å². The lowest BCUT2D eigenvalue weighted by molar-refractivity contribution is 0.0310. The van der Waals surface area contributed by atoms with E-state index in [4.69, 9.17) is 9.72 Å². The molecule has 2 aromatic carbocycles. The summed E-state index contributed by atoms with van der Waals surface area (Å²) in [7, 11) is 0. The highest BCUT2D eigenvalue weighted by atomic mass is 16.5. The normalized spacial score (nSPS) is 16.9. The SMILES string of the molecule is CCc1ccc(N2CN(CCN3CCOCC3)Cn3c2nc(C)c(Cc2ccccc2)c3=O)cc1. The molecule has 184 valence electrons. The van der Waals surface area contributed by atoms with Gasteiger partial charge in [-0.05, 0) is 36.6 Å². The molecule has 0 N–H and O–H groups in total. The van der Waals surface area contributed by atoms with Gasteiger partial charge in [-0.25, -0.2) is 4.98 Å². The summed E-state index contributed by atoms with van der Waals surface area (Å²) in [5.41, 5.74) is 5.13. The Hall–Kier alpha value is -3.00. The summed E-state index contributed by atoms with van der Waals surface area (Å²) in [5, 5.41) is 0. The van der Waals surface area contributed by atoms with Gasteiger partial charge in [0.15, 0.2) is 0 Å². The maximum atomic E-state index is 13.8. The molecule has 0 saturated carbocycles. The predicted octanol–water partition coefficient (Wildman–Crippen LogP) is 3.41. The molecule has 1 fully saturated rings. The van der Waals surface area contributed by atoms with Gasteiger partial charge in [0, 0.05) is 43.9 Å². The fraction of sp³-hybridized carbons (Fsp3) is 0.429. The third-order valence-corrected chi connectivity index (χ3v) is 7.09. The van der Waals surface area contributed by atoms with E-state index in [1.807, 2.05) is 29.7 Å². The number of morpholine rings is 1. The standard InChI is InChI=1S/C28H35N5O2/c1-3-23-9-11-25(12-10-23)32-20-31(14-13-30-15-17-35-18-16-30)21-33-27(34)26(22(2)29-28(32)33)19-24-7-5-4-6-8-24/h4-12H,3,13-21H2,1-2H3. The average molecular weight is 474 g/mol. The van der Waals surface area contributed by atoms with E-state index in [1.165, 1.54) is 5.56 Å². The molecule has 7 heteroatoms. The maximum Gasteiger partial charge on any atom is 0.259 e. The smallest absolute Gasteiger partial charge is 0.259 e. The van der Waals surface area contributed by atoms with Crippen LogP contribution in [-0.4, -0.2) is 65.4 Å². The Kier molecular flexibility index (Phi) is 7.27. The van der Waals surface area contributed by atoms with E-state index < -0.39 is 0 Å². The predicted molar refractivity (Wildman–Crippen MR) is 139 cm³/mol. The van der Waals surface area contributed by atoms with Gasteiger partial charge in [-0.15, -0.1) is 0 Å². The second kappa shape index (κ2) is 10.7. The molecule has 0 radical (unpaired) electrons. The van der Waals surface area contributed by atoms with E-state index in [2.05, 4.69) is 58.0 Å². The van der Waals surface area contributed by atoms with Gasteiger partial charge in [-0.1, -0.05) is 49.4 Å². The molecule has 0 atom stereocenters. The highest BCUT2D eigenvalue weighted by Crippen LogP contribution is 2.28. The van der Waals surface area contributed by atoms with Gasteiger partial charge in [0.2, 0.25) is 5.95 Å². The van der Waals surface area contributed by atoms with E-state index in [0.717, 1.165) is 74.3 Å². The highest BCUT2D eigenvalue weighted by Gasteiger charge is 2.28. The van der Waals surface area contributed by atoms with Crippen LogP contribution in [0.5, 0.6) is 0 Å². The number of anilines is 2. The van der Waals surface area contributed by atoms with Crippen LogP contribution in [0, 0.1) is 6.92 Å². The van der Waals surface area contributed by atoms with Crippen molar-refractivity contribution in [2.24, 2.45) is 0 Å². The molecule has 0 amide bonds. The van der Waals surface area contributed by atoms with Crippen LogP contribution in [-0.2, 0) is 24.2 Å².